The summed E-state index contributed by atoms with van der Waals surface area (Å²) in [7, 11) is 0. The number of nitrogens with zero attached hydrogens (tertiary/aromatic N) is 3. The van der Waals surface area contributed by atoms with Crippen LogP contribution in [0.2, 0.25) is 0 Å². The predicted octanol–water partition coefficient (Wildman–Crippen LogP) is 2.34. The van der Waals surface area contributed by atoms with Crippen molar-refractivity contribution in [2.75, 3.05) is 23.7 Å². The van der Waals surface area contributed by atoms with Crippen molar-refractivity contribution in [1.29, 1.82) is 0 Å². The minimum atomic E-state index is -4.51. The van der Waals surface area contributed by atoms with Crippen molar-refractivity contribution in [3.63, 3.8) is 0 Å². The first-order chi connectivity index (χ1) is 16.5. The van der Waals surface area contributed by atoms with Gasteiger partial charge in [0, 0.05) is 32.6 Å². The minimum absolute atomic E-state index is 0.0162. The molecule has 1 aliphatic rings. The Morgan fingerprint density at radius 3 is 2.57 bits per heavy atom. The Morgan fingerprint density at radius 2 is 1.94 bits per heavy atom. The van der Waals surface area contributed by atoms with Gasteiger partial charge in [-0.25, -0.2) is 4.79 Å². The standard InChI is InChI=1S/C23H28F3N5O4/c1-3-5-9-31-19(27)18(20(33)28-22(31)35)30(4-2)21(34)15-11-17(32)29(13-15)12-14-7-6-8-16(10-14)23(24,25)26/h6-8,10,15H,3-5,9,11-13,27H2,1-2H3,(H,28,33,35). The van der Waals surface area contributed by atoms with Gasteiger partial charge in [-0.15, -0.1) is 0 Å². The van der Waals surface area contributed by atoms with Crippen molar-refractivity contribution in [2.24, 2.45) is 5.92 Å². The van der Waals surface area contributed by atoms with E-state index >= 15 is 0 Å². The molecule has 1 saturated heterocycles. The smallest absolute Gasteiger partial charge is 0.383 e. The van der Waals surface area contributed by atoms with Crippen LogP contribution in [0.1, 0.15) is 44.2 Å². The predicted molar refractivity (Wildman–Crippen MR) is 124 cm³/mol. The summed E-state index contributed by atoms with van der Waals surface area (Å²) in [6.07, 6.45) is -3.24. The van der Waals surface area contributed by atoms with E-state index in [1.54, 1.807) is 6.92 Å². The summed E-state index contributed by atoms with van der Waals surface area (Å²) in [4.78, 5) is 55.3. The maximum atomic E-state index is 13.3. The number of aromatic amines is 1. The highest BCUT2D eigenvalue weighted by atomic mass is 19.4. The monoisotopic (exact) mass is 495 g/mol. The van der Waals surface area contributed by atoms with E-state index in [9.17, 15) is 32.3 Å². The second kappa shape index (κ2) is 10.4. The molecular formula is C23H28F3N5O4. The van der Waals surface area contributed by atoms with Crippen molar-refractivity contribution in [3.8, 4) is 0 Å². The fraction of sp³-hybridized carbons (Fsp3) is 0.478. The number of unbranched alkanes of at least 4 members (excludes halogenated alkanes) is 1. The largest absolute Gasteiger partial charge is 0.416 e. The molecule has 3 N–H and O–H groups in total. The number of benzene rings is 1. The van der Waals surface area contributed by atoms with E-state index in [-0.39, 0.29) is 55.6 Å². The van der Waals surface area contributed by atoms with E-state index in [4.69, 9.17) is 5.73 Å². The van der Waals surface area contributed by atoms with Gasteiger partial charge in [-0.2, -0.15) is 13.2 Å². The summed E-state index contributed by atoms with van der Waals surface area (Å²) in [6, 6.07) is 4.67. The molecule has 0 saturated carbocycles. The molecule has 1 atom stereocenters. The molecule has 2 heterocycles. The van der Waals surface area contributed by atoms with Crippen molar-refractivity contribution in [3.05, 3.63) is 56.2 Å². The first-order valence-electron chi connectivity index (χ1n) is 11.4. The third-order valence-corrected chi connectivity index (χ3v) is 5.99. The van der Waals surface area contributed by atoms with Gasteiger partial charge in [0.15, 0.2) is 5.69 Å². The van der Waals surface area contributed by atoms with E-state index < -0.39 is 34.8 Å². The Hall–Kier alpha value is -3.57. The van der Waals surface area contributed by atoms with Crippen LogP contribution in [-0.2, 0) is 28.9 Å². The third kappa shape index (κ3) is 5.57. The van der Waals surface area contributed by atoms with Crippen LogP contribution < -0.4 is 21.9 Å². The summed E-state index contributed by atoms with van der Waals surface area (Å²) >= 11 is 0. The minimum Gasteiger partial charge on any atom is -0.383 e. The molecule has 9 nitrogen and oxygen atoms in total. The molecule has 0 spiro atoms. The summed E-state index contributed by atoms with van der Waals surface area (Å²) < 4.78 is 40.2. The highest BCUT2D eigenvalue weighted by molar-refractivity contribution is 6.00. The number of halogens is 3. The number of carbonyl (C=O) groups excluding carboxylic acids is 2. The molecule has 1 aliphatic heterocycles. The molecule has 1 unspecified atom stereocenters. The van der Waals surface area contributed by atoms with Gasteiger partial charge in [0.05, 0.1) is 11.5 Å². The van der Waals surface area contributed by atoms with Crippen LogP contribution in [0, 0.1) is 5.92 Å². The molecule has 35 heavy (non-hydrogen) atoms. The van der Waals surface area contributed by atoms with Crippen molar-refractivity contribution in [2.45, 2.75) is 52.4 Å². The van der Waals surface area contributed by atoms with Crippen LogP contribution in [0.3, 0.4) is 0 Å². The highest BCUT2D eigenvalue weighted by Gasteiger charge is 2.38. The maximum absolute atomic E-state index is 13.3. The Morgan fingerprint density at radius 1 is 1.23 bits per heavy atom. The lowest BCUT2D eigenvalue weighted by Gasteiger charge is -2.25. The zero-order chi connectivity index (χ0) is 25.9. The summed E-state index contributed by atoms with van der Waals surface area (Å²) in [5, 5.41) is 0. The van der Waals surface area contributed by atoms with Crippen LogP contribution in [-0.4, -0.2) is 39.4 Å². The number of aromatic nitrogens is 2. The number of hydrogen-bond donors (Lipinski definition) is 2. The quantitative estimate of drug-likeness (QED) is 0.582. The zero-order valence-corrected chi connectivity index (χ0v) is 19.5. The van der Waals surface area contributed by atoms with Crippen LogP contribution in [0.15, 0.2) is 33.9 Å². The fourth-order valence-corrected chi connectivity index (χ4v) is 4.18. The molecule has 0 bridgehead atoms. The average Bonchev–Trinajstić information content (AvgIpc) is 3.15. The van der Waals surface area contributed by atoms with E-state index in [0.29, 0.717) is 6.42 Å². The molecular weight excluding hydrogens is 467 g/mol. The second-order valence-corrected chi connectivity index (χ2v) is 8.45. The molecule has 1 aromatic carbocycles. The topological polar surface area (TPSA) is 121 Å². The van der Waals surface area contributed by atoms with Gasteiger partial charge in [-0.1, -0.05) is 25.5 Å². The third-order valence-electron chi connectivity index (χ3n) is 5.99. The van der Waals surface area contributed by atoms with Gasteiger partial charge in [0.1, 0.15) is 5.82 Å². The lowest BCUT2D eigenvalue weighted by molar-refractivity contribution is -0.137. The molecule has 1 fully saturated rings. The number of rotatable bonds is 8. The Balaban J connectivity index is 1.83. The number of H-pyrrole nitrogens is 1. The Kier molecular flexibility index (Phi) is 7.71. The van der Waals surface area contributed by atoms with Crippen LogP contribution >= 0.6 is 0 Å². The van der Waals surface area contributed by atoms with Gasteiger partial charge >= 0.3 is 11.9 Å². The van der Waals surface area contributed by atoms with Gasteiger partial charge in [0.25, 0.3) is 5.56 Å². The average molecular weight is 496 g/mol. The highest BCUT2D eigenvalue weighted by Crippen LogP contribution is 2.31. The molecule has 1 aromatic heterocycles. The number of hydrogen-bond acceptors (Lipinski definition) is 5. The number of likely N-dealkylation sites (tertiary alicyclic amines) is 1. The number of alkyl halides is 3. The van der Waals surface area contributed by atoms with E-state index in [2.05, 4.69) is 4.98 Å². The SMILES string of the molecule is CCCCn1c(N)c(N(CC)C(=O)C2CC(=O)N(Cc3cccc(C(F)(F)F)c3)C2)c(=O)[nH]c1=O. The number of carbonyl (C=O) groups is 2. The van der Waals surface area contributed by atoms with Gasteiger partial charge in [0.2, 0.25) is 11.8 Å². The molecule has 12 heteroatoms. The van der Waals surface area contributed by atoms with Crippen LogP contribution in [0.5, 0.6) is 0 Å². The Labute approximate surface area is 199 Å². The molecule has 190 valence electrons. The van der Waals surface area contributed by atoms with E-state index in [1.165, 1.54) is 21.6 Å². The summed E-state index contributed by atoms with van der Waals surface area (Å²) in [6.45, 7) is 3.80. The van der Waals surface area contributed by atoms with Crippen molar-refractivity contribution in [1.82, 2.24) is 14.5 Å². The number of nitrogens with two attached hydrogens (primary N) is 1. The van der Waals surface area contributed by atoms with Gasteiger partial charge < -0.3 is 15.5 Å². The van der Waals surface area contributed by atoms with Gasteiger partial charge in [-0.05, 0) is 31.0 Å². The molecule has 3 rings (SSSR count). The lowest BCUT2D eigenvalue weighted by Crippen LogP contribution is -2.44. The molecule has 0 aliphatic carbocycles. The first kappa shape index (κ1) is 26.0. The number of amides is 2. The normalized spacial score (nSPS) is 16.1. The molecule has 2 amide bonds. The van der Waals surface area contributed by atoms with E-state index in [1.807, 2.05) is 6.92 Å². The van der Waals surface area contributed by atoms with E-state index in [0.717, 1.165) is 23.5 Å². The molecule has 2 aromatic rings. The van der Waals surface area contributed by atoms with Crippen molar-refractivity contribution < 1.29 is 22.8 Å². The second-order valence-electron chi connectivity index (χ2n) is 8.45. The number of anilines is 2. The molecule has 0 radical (unpaired) electrons. The number of nitrogen functional groups attached to an aromatic ring is 1. The van der Waals surface area contributed by atoms with Crippen molar-refractivity contribution >= 4 is 23.3 Å². The van der Waals surface area contributed by atoms with Gasteiger partial charge in [-0.3, -0.25) is 23.9 Å². The lowest BCUT2D eigenvalue weighted by atomic mass is 10.1. The first-order valence-corrected chi connectivity index (χ1v) is 11.4. The Bertz CT molecular complexity index is 1220. The summed E-state index contributed by atoms with van der Waals surface area (Å²) in [5.41, 5.74) is 3.96. The maximum Gasteiger partial charge on any atom is 0.416 e. The van der Waals surface area contributed by atoms with Crippen LogP contribution in [0.25, 0.3) is 0 Å². The number of nitrogens with one attached hydrogen (secondary N) is 1. The zero-order valence-electron chi connectivity index (χ0n) is 19.5. The van der Waals surface area contributed by atoms with Crippen LogP contribution in [0.4, 0.5) is 24.7 Å². The summed E-state index contributed by atoms with van der Waals surface area (Å²) in [5.74, 6) is -1.85. The fourth-order valence-electron chi connectivity index (χ4n) is 4.18.